The molecule has 0 fully saturated rings. The van der Waals surface area contributed by atoms with Gasteiger partial charge in [-0.05, 0) is 46.9 Å². The van der Waals surface area contributed by atoms with Crippen LogP contribution in [0.5, 0.6) is 11.5 Å². The molecule has 0 unspecified atom stereocenters. The Bertz CT molecular complexity index is 992. The number of aromatic hydroxyl groups is 2. The molecule has 2 aromatic carbocycles. The number of allylic oxidation sites excluding steroid dienone is 1. The number of hydrogen-bond donors (Lipinski definition) is 2. The number of carbonyl (C=O) groups is 2. The van der Waals surface area contributed by atoms with E-state index in [-0.39, 0.29) is 28.4 Å². The molecular weight excluding hydrogens is 348 g/mol. The average molecular weight is 362 g/mol. The molecule has 5 heteroatoms. The Hall–Kier alpha value is -3.18. The third-order valence-corrected chi connectivity index (χ3v) is 5.30. The van der Waals surface area contributed by atoms with Crippen LogP contribution < -0.4 is 0 Å². The molecule has 0 radical (unpaired) electrons. The second kappa shape index (κ2) is 6.28. The molecule has 4 nitrogen and oxygen atoms in total. The van der Waals surface area contributed by atoms with E-state index in [1.807, 2.05) is 17.5 Å². The van der Waals surface area contributed by atoms with Crippen LogP contribution >= 0.6 is 11.3 Å². The van der Waals surface area contributed by atoms with E-state index in [2.05, 4.69) is 0 Å². The maximum absolute atomic E-state index is 13.0. The van der Waals surface area contributed by atoms with Crippen LogP contribution in [0.25, 0.3) is 6.08 Å². The van der Waals surface area contributed by atoms with Crippen LogP contribution in [0.4, 0.5) is 0 Å². The van der Waals surface area contributed by atoms with E-state index < -0.39 is 11.7 Å². The van der Waals surface area contributed by atoms with Gasteiger partial charge in [0.05, 0.1) is 17.0 Å². The lowest BCUT2D eigenvalue weighted by Crippen LogP contribution is -2.24. The summed E-state index contributed by atoms with van der Waals surface area (Å²) in [5.74, 6) is -1.84. The molecule has 1 heterocycles. The van der Waals surface area contributed by atoms with Gasteiger partial charge in [0.2, 0.25) is 5.78 Å². The fourth-order valence-corrected chi connectivity index (χ4v) is 3.95. The zero-order valence-electron chi connectivity index (χ0n) is 13.5. The largest absolute Gasteiger partial charge is 0.507 e. The van der Waals surface area contributed by atoms with Gasteiger partial charge >= 0.3 is 0 Å². The molecule has 1 aliphatic carbocycles. The first-order valence-electron chi connectivity index (χ1n) is 8.02. The molecule has 26 heavy (non-hydrogen) atoms. The van der Waals surface area contributed by atoms with E-state index in [1.54, 1.807) is 30.3 Å². The lowest BCUT2D eigenvalue weighted by molar-refractivity contribution is -0.115. The van der Waals surface area contributed by atoms with Crippen LogP contribution in [-0.2, 0) is 4.79 Å². The van der Waals surface area contributed by atoms with E-state index in [4.69, 9.17) is 0 Å². The molecule has 0 saturated carbocycles. The van der Waals surface area contributed by atoms with E-state index >= 15 is 0 Å². The van der Waals surface area contributed by atoms with Crippen molar-refractivity contribution in [1.29, 1.82) is 0 Å². The van der Waals surface area contributed by atoms with Crippen LogP contribution in [-0.4, -0.2) is 21.8 Å². The number of ketones is 2. The highest BCUT2D eigenvalue weighted by Gasteiger charge is 2.37. The maximum atomic E-state index is 13.0. The van der Waals surface area contributed by atoms with Crippen molar-refractivity contribution in [3.05, 3.63) is 87.1 Å². The lowest BCUT2D eigenvalue weighted by atomic mass is 9.75. The van der Waals surface area contributed by atoms with E-state index in [0.29, 0.717) is 11.1 Å². The summed E-state index contributed by atoms with van der Waals surface area (Å²) in [4.78, 5) is 26.7. The Morgan fingerprint density at radius 2 is 1.54 bits per heavy atom. The lowest BCUT2D eigenvalue weighted by Gasteiger charge is -2.26. The topological polar surface area (TPSA) is 74.6 Å². The van der Waals surface area contributed by atoms with Crippen LogP contribution in [0.1, 0.15) is 37.8 Å². The Balaban J connectivity index is 1.88. The molecule has 0 atom stereocenters. The van der Waals surface area contributed by atoms with Crippen LogP contribution in [0.15, 0.2) is 60.0 Å². The Morgan fingerprint density at radius 3 is 2.08 bits per heavy atom. The Labute approximate surface area is 153 Å². The Kier molecular flexibility index (Phi) is 3.93. The number of hydrogen-bond acceptors (Lipinski definition) is 5. The second-order valence-corrected chi connectivity index (χ2v) is 6.98. The number of benzene rings is 2. The summed E-state index contributed by atoms with van der Waals surface area (Å²) in [6, 6.07) is 13.2. The van der Waals surface area contributed by atoms with Gasteiger partial charge in [0.1, 0.15) is 11.5 Å². The first-order chi connectivity index (χ1) is 12.6. The second-order valence-electron chi connectivity index (χ2n) is 6.00. The molecule has 0 spiro atoms. The molecule has 3 aromatic rings. The van der Waals surface area contributed by atoms with E-state index in [1.165, 1.54) is 29.5 Å². The van der Waals surface area contributed by atoms with Gasteiger partial charge < -0.3 is 10.2 Å². The highest BCUT2D eigenvalue weighted by molar-refractivity contribution is 7.10. The van der Waals surface area contributed by atoms with Crippen LogP contribution in [0, 0.1) is 0 Å². The van der Waals surface area contributed by atoms with Gasteiger partial charge in [-0.15, -0.1) is 11.3 Å². The average Bonchev–Trinajstić information content (AvgIpc) is 3.13. The summed E-state index contributed by atoms with van der Waals surface area (Å²) >= 11 is 1.51. The molecule has 0 bridgehead atoms. The third-order valence-electron chi connectivity index (χ3n) is 4.47. The number of phenols is 2. The van der Waals surface area contributed by atoms with E-state index in [9.17, 15) is 19.8 Å². The summed E-state index contributed by atoms with van der Waals surface area (Å²) in [6.07, 6.45) is 3.21. The highest BCUT2D eigenvalue weighted by atomic mass is 32.1. The smallest absolute Gasteiger partial charge is 0.201 e. The van der Waals surface area contributed by atoms with Gasteiger partial charge in [-0.25, -0.2) is 0 Å². The molecule has 0 saturated heterocycles. The van der Waals surface area contributed by atoms with Crippen molar-refractivity contribution in [2.24, 2.45) is 0 Å². The molecule has 1 aromatic heterocycles. The molecule has 4 rings (SSSR count). The van der Waals surface area contributed by atoms with Gasteiger partial charge in [0, 0.05) is 4.88 Å². The number of phenolic OH excluding ortho intramolecular Hbond substituents is 2. The van der Waals surface area contributed by atoms with Gasteiger partial charge in [0.15, 0.2) is 5.78 Å². The highest BCUT2D eigenvalue weighted by Crippen LogP contribution is 2.43. The van der Waals surface area contributed by atoms with Crippen molar-refractivity contribution in [3.8, 4) is 11.5 Å². The standard InChI is InChI=1S/C21H14O4S/c22-15-7-1-5-13-18(17(24)10-9-12-4-3-11-26-12)14-6-2-8-16(23)20(14)21(25)19(13)15/h1-11,18,22-23H/b10-9+. The third kappa shape index (κ3) is 2.53. The molecule has 128 valence electrons. The summed E-state index contributed by atoms with van der Waals surface area (Å²) in [5.41, 5.74) is 1.05. The zero-order valence-corrected chi connectivity index (χ0v) is 14.4. The van der Waals surface area contributed by atoms with Gasteiger partial charge in [-0.1, -0.05) is 30.3 Å². The van der Waals surface area contributed by atoms with Crippen molar-refractivity contribution in [2.75, 3.05) is 0 Å². The minimum atomic E-state index is -0.756. The van der Waals surface area contributed by atoms with Crippen molar-refractivity contribution in [1.82, 2.24) is 0 Å². The Morgan fingerprint density at radius 1 is 0.923 bits per heavy atom. The number of thiophene rings is 1. The fraction of sp³-hybridized carbons (Fsp3) is 0.0476. The van der Waals surface area contributed by atoms with Crippen LogP contribution in [0.2, 0.25) is 0 Å². The predicted molar refractivity (Wildman–Crippen MR) is 99.8 cm³/mol. The molecule has 2 N–H and O–H groups in total. The first-order valence-corrected chi connectivity index (χ1v) is 8.90. The molecule has 0 aliphatic heterocycles. The quantitative estimate of drug-likeness (QED) is 0.688. The van der Waals surface area contributed by atoms with Crippen molar-refractivity contribution < 1.29 is 19.8 Å². The SMILES string of the molecule is O=C1c2c(O)cccc2C(C(=O)/C=C/c2cccs2)c2cccc(O)c21. The monoisotopic (exact) mass is 362 g/mol. The van der Waals surface area contributed by atoms with Gasteiger partial charge in [-0.3, -0.25) is 9.59 Å². The molecule has 0 amide bonds. The summed E-state index contributed by atoms with van der Waals surface area (Å²) in [6.45, 7) is 0. The number of fused-ring (bicyclic) bond motifs is 2. The van der Waals surface area contributed by atoms with Crippen molar-refractivity contribution in [3.63, 3.8) is 0 Å². The van der Waals surface area contributed by atoms with Crippen LogP contribution in [0.3, 0.4) is 0 Å². The fourth-order valence-electron chi connectivity index (χ4n) is 3.34. The van der Waals surface area contributed by atoms with Gasteiger partial charge in [-0.2, -0.15) is 0 Å². The van der Waals surface area contributed by atoms with Gasteiger partial charge in [0.25, 0.3) is 0 Å². The summed E-state index contributed by atoms with van der Waals surface area (Å²) < 4.78 is 0. The van der Waals surface area contributed by atoms with Crippen molar-refractivity contribution in [2.45, 2.75) is 5.92 Å². The normalized spacial score (nSPS) is 13.6. The summed E-state index contributed by atoms with van der Waals surface area (Å²) in [7, 11) is 0. The molecule has 1 aliphatic rings. The number of carbonyl (C=O) groups excluding carboxylic acids is 2. The summed E-state index contributed by atoms with van der Waals surface area (Å²) in [5, 5.41) is 22.3. The maximum Gasteiger partial charge on any atom is 0.201 e. The molecular formula is C21H14O4S. The first kappa shape index (κ1) is 16.3. The van der Waals surface area contributed by atoms with E-state index in [0.717, 1.165) is 4.88 Å². The minimum Gasteiger partial charge on any atom is -0.507 e. The zero-order chi connectivity index (χ0) is 18.3. The predicted octanol–water partition coefficient (Wildman–Crippen LogP) is 4.12. The number of rotatable bonds is 3. The van der Waals surface area contributed by atoms with Crippen molar-refractivity contribution >= 4 is 29.0 Å². The minimum absolute atomic E-state index is 0.0735.